The summed E-state index contributed by atoms with van der Waals surface area (Å²) in [7, 11) is 0. The number of piperidine rings is 1. The molecular weight excluding hydrogens is 418 g/mol. The van der Waals surface area contributed by atoms with Crippen LogP contribution in [0.2, 0.25) is 0 Å². The number of aromatic nitrogens is 2. The second kappa shape index (κ2) is 9.44. The van der Waals surface area contributed by atoms with Crippen LogP contribution >= 0.6 is 12.4 Å². The Labute approximate surface area is 189 Å². The molecule has 172 valence electrons. The predicted molar refractivity (Wildman–Crippen MR) is 122 cm³/mol. The third-order valence-corrected chi connectivity index (χ3v) is 7.53. The maximum atomic E-state index is 12.6. The zero-order valence-electron chi connectivity index (χ0n) is 17.9. The summed E-state index contributed by atoms with van der Waals surface area (Å²) >= 11 is 0. The van der Waals surface area contributed by atoms with E-state index in [1.54, 1.807) is 21.7 Å². The van der Waals surface area contributed by atoms with Crippen LogP contribution in [-0.4, -0.2) is 77.2 Å². The molecule has 2 atom stereocenters. The Morgan fingerprint density at radius 2 is 1.84 bits per heavy atom. The lowest BCUT2D eigenvalue weighted by Gasteiger charge is -2.32. The molecule has 2 saturated heterocycles. The van der Waals surface area contributed by atoms with Gasteiger partial charge in [0.15, 0.2) is 0 Å². The van der Waals surface area contributed by atoms with Gasteiger partial charge in [0.2, 0.25) is 0 Å². The van der Waals surface area contributed by atoms with Gasteiger partial charge in [-0.25, -0.2) is 9.59 Å². The Balaban J connectivity index is 0.00000231. The van der Waals surface area contributed by atoms with Crippen LogP contribution in [0.25, 0.3) is 0 Å². The van der Waals surface area contributed by atoms with Gasteiger partial charge in [-0.15, -0.1) is 12.4 Å². The Hall–Kier alpha value is -1.68. The van der Waals surface area contributed by atoms with Crippen LogP contribution < -0.4 is 22.1 Å². The fourth-order valence-electron chi connectivity index (χ4n) is 5.60. The minimum Gasteiger partial charge on any atom is -0.327 e. The molecule has 0 spiro atoms. The van der Waals surface area contributed by atoms with Gasteiger partial charge in [-0.1, -0.05) is 0 Å². The molecule has 0 radical (unpaired) electrons. The molecule has 2 aliphatic heterocycles. The lowest BCUT2D eigenvalue weighted by Crippen LogP contribution is -2.48. The van der Waals surface area contributed by atoms with Crippen molar-refractivity contribution in [2.45, 2.75) is 37.8 Å². The standard InChI is InChI=1S/C21H33N7O2.ClH/c22-19-16-12-26(13-17(16)19)11-14-1-3-15(4-2-14)28-8-5-18(25-21(28)30)24-20(29)27-9-6-23-7-10-27;/h5,8,14-17,19,23H,1-4,6-7,9-13,22H2,(H,24,25,29,30);1H. The smallest absolute Gasteiger partial charge is 0.327 e. The van der Waals surface area contributed by atoms with Crippen LogP contribution in [0.4, 0.5) is 10.6 Å². The first-order valence-electron chi connectivity index (χ1n) is 11.4. The zero-order valence-corrected chi connectivity index (χ0v) is 18.7. The number of carbonyl (C=O) groups is 1. The summed E-state index contributed by atoms with van der Waals surface area (Å²) < 4.78 is 1.75. The highest BCUT2D eigenvalue weighted by molar-refractivity contribution is 5.88. The first-order chi connectivity index (χ1) is 14.6. The van der Waals surface area contributed by atoms with Crippen molar-refractivity contribution in [3.8, 4) is 0 Å². The number of hydrogen-bond acceptors (Lipinski definition) is 6. The van der Waals surface area contributed by atoms with E-state index in [4.69, 9.17) is 5.73 Å². The van der Waals surface area contributed by atoms with Gasteiger partial charge in [-0.2, -0.15) is 4.98 Å². The van der Waals surface area contributed by atoms with Gasteiger partial charge in [-0.3, -0.25) is 9.88 Å². The fraction of sp³-hybridized carbons (Fsp3) is 0.762. The van der Waals surface area contributed by atoms with Gasteiger partial charge in [-0.05, 0) is 49.5 Å². The number of nitrogens with two attached hydrogens (primary N) is 1. The molecule has 1 aromatic rings. The predicted octanol–water partition coefficient (Wildman–Crippen LogP) is 0.722. The summed E-state index contributed by atoms with van der Waals surface area (Å²) in [5.74, 6) is 2.55. The molecule has 10 heteroatoms. The molecule has 0 aromatic carbocycles. The average Bonchev–Trinajstić information content (AvgIpc) is 3.16. The van der Waals surface area contributed by atoms with Gasteiger partial charge < -0.3 is 20.9 Å². The van der Waals surface area contributed by atoms with Gasteiger partial charge in [0.25, 0.3) is 0 Å². The van der Waals surface area contributed by atoms with Crippen molar-refractivity contribution < 1.29 is 4.79 Å². The van der Waals surface area contributed by atoms with Crippen molar-refractivity contribution in [2.24, 2.45) is 23.5 Å². The summed E-state index contributed by atoms with van der Waals surface area (Å²) in [6.07, 6.45) is 6.12. The molecule has 2 saturated carbocycles. The van der Waals surface area contributed by atoms with E-state index < -0.39 is 0 Å². The van der Waals surface area contributed by atoms with Crippen molar-refractivity contribution in [3.05, 3.63) is 22.7 Å². The van der Waals surface area contributed by atoms with Crippen LogP contribution in [0.1, 0.15) is 31.7 Å². The molecule has 4 N–H and O–H groups in total. The first kappa shape index (κ1) is 22.5. The third kappa shape index (κ3) is 4.89. The van der Waals surface area contributed by atoms with Gasteiger partial charge in [0, 0.05) is 64.1 Å². The molecule has 4 aliphatic rings. The van der Waals surface area contributed by atoms with E-state index >= 15 is 0 Å². The number of fused-ring (bicyclic) bond motifs is 1. The number of rotatable bonds is 4. The van der Waals surface area contributed by atoms with E-state index in [1.165, 1.54) is 19.6 Å². The highest BCUT2D eigenvalue weighted by Gasteiger charge is 2.53. The van der Waals surface area contributed by atoms with Gasteiger partial charge in [0.05, 0.1) is 0 Å². The summed E-state index contributed by atoms with van der Waals surface area (Å²) in [5.41, 5.74) is 5.77. The summed E-state index contributed by atoms with van der Waals surface area (Å²) in [6.45, 7) is 6.44. The molecule has 31 heavy (non-hydrogen) atoms. The number of halogens is 1. The monoisotopic (exact) mass is 451 g/mol. The number of amides is 2. The topological polar surface area (TPSA) is 109 Å². The average molecular weight is 452 g/mol. The largest absolute Gasteiger partial charge is 0.349 e. The first-order valence-corrected chi connectivity index (χ1v) is 11.4. The van der Waals surface area contributed by atoms with Crippen LogP contribution in [0, 0.1) is 17.8 Å². The molecular formula is C21H34ClN7O2. The molecule has 5 rings (SSSR count). The van der Waals surface area contributed by atoms with E-state index in [0.717, 1.165) is 56.5 Å². The van der Waals surface area contributed by atoms with Gasteiger partial charge >= 0.3 is 11.7 Å². The van der Waals surface area contributed by atoms with Crippen LogP contribution in [0.3, 0.4) is 0 Å². The number of nitrogens with zero attached hydrogens (tertiary/aromatic N) is 4. The Morgan fingerprint density at radius 3 is 2.48 bits per heavy atom. The summed E-state index contributed by atoms with van der Waals surface area (Å²) in [6, 6.07) is 2.22. The molecule has 0 bridgehead atoms. The Morgan fingerprint density at radius 1 is 1.16 bits per heavy atom. The number of piperazine rings is 1. The Kier molecular flexibility index (Phi) is 6.86. The maximum Gasteiger partial charge on any atom is 0.349 e. The number of nitrogens with one attached hydrogen (secondary N) is 2. The van der Waals surface area contributed by atoms with Crippen LogP contribution in [0.5, 0.6) is 0 Å². The normalized spacial score (nSPS) is 32.8. The molecule has 2 amide bonds. The lowest BCUT2D eigenvalue weighted by molar-refractivity contribution is 0.190. The highest BCUT2D eigenvalue weighted by Crippen LogP contribution is 2.44. The number of urea groups is 1. The summed E-state index contributed by atoms with van der Waals surface area (Å²) in [4.78, 5) is 33.3. The number of carbonyl (C=O) groups excluding carboxylic acids is 1. The third-order valence-electron chi connectivity index (χ3n) is 7.53. The number of likely N-dealkylation sites (tertiary alicyclic amines) is 1. The van der Waals surface area contributed by atoms with E-state index in [-0.39, 0.29) is 30.2 Å². The molecule has 2 aliphatic carbocycles. The van der Waals surface area contributed by atoms with Crippen molar-refractivity contribution >= 4 is 24.3 Å². The molecule has 4 fully saturated rings. The van der Waals surface area contributed by atoms with Crippen molar-refractivity contribution in [1.29, 1.82) is 0 Å². The quantitative estimate of drug-likeness (QED) is 0.622. The van der Waals surface area contributed by atoms with Crippen molar-refractivity contribution in [2.75, 3.05) is 51.1 Å². The summed E-state index contributed by atoms with van der Waals surface area (Å²) in [5, 5.41) is 5.98. The second-order valence-electron chi connectivity index (χ2n) is 9.47. The molecule has 3 heterocycles. The minimum absolute atomic E-state index is 0. The molecule has 9 nitrogen and oxygen atoms in total. The van der Waals surface area contributed by atoms with Gasteiger partial charge in [0.1, 0.15) is 5.82 Å². The van der Waals surface area contributed by atoms with Crippen LogP contribution in [0.15, 0.2) is 17.1 Å². The van der Waals surface area contributed by atoms with E-state index in [2.05, 4.69) is 20.5 Å². The number of hydrogen-bond donors (Lipinski definition) is 3. The lowest BCUT2D eigenvalue weighted by atomic mass is 9.85. The van der Waals surface area contributed by atoms with Crippen molar-refractivity contribution in [1.82, 2.24) is 24.7 Å². The highest BCUT2D eigenvalue weighted by atomic mass is 35.5. The molecule has 1 aromatic heterocycles. The van der Waals surface area contributed by atoms with E-state index in [9.17, 15) is 9.59 Å². The second-order valence-corrected chi connectivity index (χ2v) is 9.47. The van der Waals surface area contributed by atoms with E-state index in [0.29, 0.717) is 24.9 Å². The van der Waals surface area contributed by atoms with Crippen molar-refractivity contribution in [3.63, 3.8) is 0 Å². The van der Waals surface area contributed by atoms with E-state index in [1.807, 2.05) is 0 Å². The zero-order chi connectivity index (χ0) is 20.7. The minimum atomic E-state index is -0.273. The maximum absolute atomic E-state index is 12.6. The molecule has 2 unspecified atom stereocenters. The van der Waals surface area contributed by atoms with Crippen LogP contribution in [-0.2, 0) is 0 Å². The Bertz CT molecular complexity index is 823. The number of anilines is 1. The SMILES string of the molecule is Cl.NC1C2CN(CC3CCC(n4ccc(NC(=O)N5CCNCC5)nc4=O)CC3)CC12. The fourth-order valence-corrected chi connectivity index (χ4v) is 5.60.